The first kappa shape index (κ1) is 14.4. The van der Waals surface area contributed by atoms with E-state index in [-0.39, 0.29) is 5.91 Å². The third-order valence-electron chi connectivity index (χ3n) is 3.33. The van der Waals surface area contributed by atoms with E-state index in [0.717, 1.165) is 42.6 Å². The number of hydrogen-bond donors (Lipinski definition) is 0. The van der Waals surface area contributed by atoms with Crippen LogP contribution in [-0.2, 0) is 4.79 Å². The molecule has 0 spiro atoms. The summed E-state index contributed by atoms with van der Waals surface area (Å²) in [6, 6.07) is 7.76. The van der Waals surface area contributed by atoms with Crippen molar-refractivity contribution in [3.63, 3.8) is 0 Å². The van der Waals surface area contributed by atoms with Crippen molar-refractivity contribution in [3.05, 3.63) is 28.7 Å². The van der Waals surface area contributed by atoms with Gasteiger partial charge in [-0.15, -0.1) is 0 Å². The summed E-state index contributed by atoms with van der Waals surface area (Å²) in [5, 5.41) is 0. The van der Waals surface area contributed by atoms with Crippen molar-refractivity contribution in [1.29, 1.82) is 0 Å². The van der Waals surface area contributed by atoms with E-state index in [4.69, 9.17) is 4.74 Å². The number of carbonyl (C=O) groups is 1. The van der Waals surface area contributed by atoms with Crippen LogP contribution < -0.4 is 4.74 Å². The van der Waals surface area contributed by atoms with Gasteiger partial charge < -0.3 is 9.64 Å². The van der Waals surface area contributed by atoms with Gasteiger partial charge >= 0.3 is 0 Å². The van der Waals surface area contributed by atoms with Gasteiger partial charge in [0.1, 0.15) is 5.75 Å². The van der Waals surface area contributed by atoms with Gasteiger partial charge in [-0.25, -0.2) is 0 Å². The van der Waals surface area contributed by atoms with E-state index in [0.29, 0.717) is 13.0 Å². The molecule has 0 atom stereocenters. The number of hydrogen-bond acceptors (Lipinski definition) is 2. The highest BCUT2D eigenvalue weighted by atomic mass is 79.9. The molecule has 1 saturated heterocycles. The van der Waals surface area contributed by atoms with Crippen molar-refractivity contribution in [1.82, 2.24) is 4.90 Å². The molecule has 0 aliphatic carbocycles. The van der Waals surface area contributed by atoms with Crippen molar-refractivity contribution in [2.75, 3.05) is 19.7 Å². The Hall–Kier alpha value is -1.03. The second-order valence-electron chi connectivity index (χ2n) is 4.85. The van der Waals surface area contributed by atoms with E-state index in [1.165, 1.54) is 6.42 Å². The molecule has 1 aromatic carbocycles. The highest BCUT2D eigenvalue weighted by Gasteiger charge is 2.15. The molecule has 1 heterocycles. The fraction of sp³-hybridized carbons (Fsp3) is 0.533. The average Bonchev–Trinajstić information content (AvgIpc) is 2.46. The van der Waals surface area contributed by atoms with Gasteiger partial charge in [0.05, 0.1) is 6.61 Å². The number of benzene rings is 1. The summed E-state index contributed by atoms with van der Waals surface area (Å²) in [6.45, 7) is 2.47. The summed E-state index contributed by atoms with van der Waals surface area (Å²) in [6.07, 6.45) is 4.95. The molecular formula is C15H20BrNO2. The summed E-state index contributed by atoms with van der Waals surface area (Å²) in [5.41, 5.74) is 0. The Labute approximate surface area is 123 Å². The number of rotatable bonds is 5. The molecule has 4 heteroatoms. The van der Waals surface area contributed by atoms with E-state index in [1.807, 2.05) is 29.2 Å². The van der Waals surface area contributed by atoms with Crippen LogP contribution in [0.2, 0.25) is 0 Å². The largest absolute Gasteiger partial charge is 0.494 e. The Morgan fingerprint density at radius 2 is 1.84 bits per heavy atom. The van der Waals surface area contributed by atoms with Crippen LogP contribution in [0.1, 0.15) is 32.1 Å². The lowest BCUT2D eigenvalue weighted by Gasteiger charge is -2.26. The smallest absolute Gasteiger partial charge is 0.222 e. The Bertz CT molecular complexity index is 399. The fourth-order valence-electron chi connectivity index (χ4n) is 2.25. The molecule has 0 radical (unpaired) electrons. The predicted molar refractivity (Wildman–Crippen MR) is 79.3 cm³/mol. The van der Waals surface area contributed by atoms with Crippen LogP contribution in [0.3, 0.4) is 0 Å². The summed E-state index contributed by atoms with van der Waals surface area (Å²) < 4.78 is 6.65. The number of piperidine rings is 1. The quantitative estimate of drug-likeness (QED) is 0.774. The fourth-order valence-corrected chi connectivity index (χ4v) is 2.51. The molecule has 3 nitrogen and oxygen atoms in total. The maximum atomic E-state index is 11.9. The van der Waals surface area contributed by atoms with Crippen molar-refractivity contribution in [3.8, 4) is 5.75 Å². The van der Waals surface area contributed by atoms with Gasteiger partial charge in [0.25, 0.3) is 0 Å². The minimum absolute atomic E-state index is 0.277. The number of ether oxygens (including phenoxy) is 1. The predicted octanol–water partition coefficient (Wildman–Crippen LogP) is 3.62. The minimum atomic E-state index is 0.277. The first-order chi connectivity index (χ1) is 9.25. The maximum absolute atomic E-state index is 11.9. The van der Waals surface area contributed by atoms with E-state index in [9.17, 15) is 4.79 Å². The molecule has 0 unspecified atom stereocenters. The van der Waals surface area contributed by atoms with Gasteiger partial charge in [0.2, 0.25) is 5.91 Å². The zero-order valence-corrected chi connectivity index (χ0v) is 12.7. The van der Waals surface area contributed by atoms with Gasteiger partial charge in [-0.05, 0) is 49.9 Å². The van der Waals surface area contributed by atoms with Crippen molar-refractivity contribution >= 4 is 21.8 Å². The van der Waals surface area contributed by atoms with Crippen LogP contribution in [0.5, 0.6) is 5.75 Å². The summed E-state index contributed by atoms with van der Waals surface area (Å²) in [4.78, 5) is 13.9. The number of carbonyl (C=O) groups excluding carboxylic acids is 1. The highest BCUT2D eigenvalue weighted by molar-refractivity contribution is 9.10. The van der Waals surface area contributed by atoms with Crippen molar-refractivity contribution in [2.24, 2.45) is 0 Å². The van der Waals surface area contributed by atoms with Gasteiger partial charge in [0, 0.05) is 24.0 Å². The Balaban J connectivity index is 1.63. The van der Waals surface area contributed by atoms with E-state index < -0.39 is 0 Å². The van der Waals surface area contributed by atoms with Crippen LogP contribution >= 0.6 is 15.9 Å². The number of halogens is 1. The molecule has 1 fully saturated rings. The molecule has 2 rings (SSSR count). The molecule has 0 bridgehead atoms. The molecule has 1 amide bonds. The standard InChI is InChI=1S/C15H20BrNO2/c16-13-6-8-14(9-7-13)19-12-4-5-15(18)17-10-2-1-3-11-17/h6-9H,1-5,10-12H2. The third kappa shape index (κ3) is 4.86. The Morgan fingerprint density at radius 3 is 2.53 bits per heavy atom. The lowest BCUT2D eigenvalue weighted by atomic mass is 10.1. The number of likely N-dealkylation sites (tertiary alicyclic amines) is 1. The molecule has 0 aromatic heterocycles. The molecule has 1 aromatic rings. The van der Waals surface area contributed by atoms with Gasteiger partial charge in [0.15, 0.2) is 0 Å². The third-order valence-corrected chi connectivity index (χ3v) is 3.85. The average molecular weight is 326 g/mol. The van der Waals surface area contributed by atoms with E-state index in [2.05, 4.69) is 15.9 Å². The van der Waals surface area contributed by atoms with Gasteiger partial charge in [-0.1, -0.05) is 15.9 Å². The minimum Gasteiger partial charge on any atom is -0.494 e. The second kappa shape index (κ2) is 7.53. The maximum Gasteiger partial charge on any atom is 0.222 e. The summed E-state index contributed by atoms with van der Waals surface area (Å²) in [7, 11) is 0. The van der Waals surface area contributed by atoms with Crippen LogP contribution in [0.25, 0.3) is 0 Å². The van der Waals surface area contributed by atoms with Gasteiger partial charge in [-0.3, -0.25) is 4.79 Å². The molecular weight excluding hydrogens is 306 g/mol. The zero-order valence-electron chi connectivity index (χ0n) is 11.1. The monoisotopic (exact) mass is 325 g/mol. The first-order valence-corrected chi connectivity index (χ1v) is 7.71. The molecule has 19 heavy (non-hydrogen) atoms. The topological polar surface area (TPSA) is 29.5 Å². The second-order valence-corrected chi connectivity index (χ2v) is 5.76. The zero-order chi connectivity index (χ0) is 13.5. The van der Waals surface area contributed by atoms with Crippen LogP contribution in [-0.4, -0.2) is 30.5 Å². The number of amides is 1. The lowest BCUT2D eigenvalue weighted by molar-refractivity contribution is -0.132. The summed E-state index contributed by atoms with van der Waals surface area (Å²) in [5.74, 6) is 1.13. The normalized spacial score (nSPS) is 15.3. The molecule has 0 saturated carbocycles. The molecule has 104 valence electrons. The van der Waals surface area contributed by atoms with E-state index in [1.54, 1.807) is 0 Å². The Morgan fingerprint density at radius 1 is 1.16 bits per heavy atom. The Kier molecular flexibility index (Phi) is 5.70. The highest BCUT2D eigenvalue weighted by Crippen LogP contribution is 2.16. The number of nitrogens with zero attached hydrogens (tertiary/aromatic N) is 1. The summed E-state index contributed by atoms with van der Waals surface area (Å²) >= 11 is 3.38. The van der Waals surface area contributed by atoms with Crippen molar-refractivity contribution < 1.29 is 9.53 Å². The van der Waals surface area contributed by atoms with E-state index >= 15 is 0 Å². The molecule has 1 aliphatic rings. The van der Waals surface area contributed by atoms with Crippen LogP contribution in [0, 0.1) is 0 Å². The molecule has 1 aliphatic heterocycles. The van der Waals surface area contributed by atoms with Crippen molar-refractivity contribution in [2.45, 2.75) is 32.1 Å². The molecule has 0 N–H and O–H groups in total. The van der Waals surface area contributed by atoms with Crippen LogP contribution in [0.4, 0.5) is 0 Å². The van der Waals surface area contributed by atoms with Crippen LogP contribution in [0.15, 0.2) is 28.7 Å². The SMILES string of the molecule is O=C(CCCOc1ccc(Br)cc1)N1CCCCC1. The lowest BCUT2D eigenvalue weighted by Crippen LogP contribution is -2.35. The van der Waals surface area contributed by atoms with Gasteiger partial charge in [-0.2, -0.15) is 0 Å². The first-order valence-electron chi connectivity index (χ1n) is 6.92.